The second-order valence-corrected chi connectivity index (χ2v) is 7.71. The molecular formula is C25H27N3O2. The summed E-state index contributed by atoms with van der Waals surface area (Å²) in [6.07, 6.45) is 2.04. The summed E-state index contributed by atoms with van der Waals surface area (Å²) in [5.74, 6) is -0.201. The van der Waals surface area contributed by atoms with Crippen LogP contribution in [0.3, 0.4) is 0 Å². The Bertz CT molecular complexity index is 1080. The maximum atomic E-state index is 12.9. The molecule has 1 heterocycles. The van der Waals surface area contributed by atoms with Crippen LogP contribution in [-0.2, 0) is 17.8 Å². The van der Waals surface area contributed by atoms with Crippen LogP contribution in [0.5, 0.6) is 0 Å². The van der Waals surface area contributed by atoms with E-state index < -0.39 is 0 Å². The molecule has 0 aliphatic heterocycles. The number of amides is 2. The molecule has 3 aromatic rings. The topological polar surface area (TPSA) is 62.3 Å². The number of carbonyl (C=O) groups is 2. The van der Waals surface area contributed by atoms with Gasteiger partial charge in [0.2, 0.25) is 5.91 Å². The van der Waals surface area contributed by atoms with Crippen molar-refractivity contribution in [3.63, 3.8) is 0 Å². The number of carbonyl (C=O) groups excluding carboxylic acids is 2. The van der Waals surface area contributed by atoms with Gasteiger partial charge in [-0.15, -0.1) is 0 Å². The molecule has 30 heavy (non-hydrogen) atoms. The zero-order valence-corrected chi connectivity index (χ0v) is 17.9. The van der Waals surface area contributed by atoms with E-state index in [1.165, 1.54) is 0 Å². The zero-order chi connectivity index (χ0) is 21.7. The lowest BCUT2D eigenvalue weighted by Gasteiger charge is -2.18. The molecule has 0 atom stereocenters. The van der Waals surface area contributed by atoms with Crippen LogP contribution in [0.25, 0.3) is 0 Å². The molecule has 0 bridgehead atoms. The summed E-state index contributed by atoms with van der Waals surface area (Å²) >= 11 is 0. The Labute approximate surface area is 177 Å². The standard InChI is InChI=1S/C25H27N3O2/c1-17-6-5-7-20(12-17)14-24(29)27-23-15-22(9-8-18(23)2)25(30)28(4)16-21-10-11-26-19(3)13-21/h5-13,15H,14,16H2,1-4H3,(H,27,29). The van der Waals surface area contributed by atoms with Gasteiger partial charge in [0.05, 0.1) is 6.42 Å². The largest absolute Gasteiger partial charge is 0.337 e. The number of nitrogens with zero attached hydrogens (tertiary/aromatic N) is 2. The van der Waals surface area contributed by atoms with Gasteiger partial charge in [0.1, 0.15) is 0 Å². The van der Waals surface area contributed by atoms with E-state index in [4.69, 9.17) is 0 Å². The van der Waals surface area contributed by atoms with E-state index in [1.54, 1.807) is 30.3 Å². The summed E-state index contributed by atoms with van der Waals surface area (Å²) in [5.41, 5.74) is 6.14. The number of aryl methyl sites for hydroxylation is 3. The van der Waals surface area contributed by atoms with Crippen LogP contribution in [0.1, 0.15) is 38.3 Å². The zero-order valence-electron chi connectivity index (χ0n) is 17.9. The van der Waals surface area contributed by atoms with Crippen LogP contribution in [-0.4, -0.2) is 28.7 Å². The molecule has 154 valence electrons. The fraction of sp³-hybridized carbons (Fsp3) is 0.240. The van der Waals surface area contributed by atoms with Crippen molar-refractivity contribution in [3.05, 3.63) is 94.3 Å². The average molecular weight is 402 g/mol. The fourth-order valence-corrected chi connectivity index (χ4v) is 3.36. The second kappa shape index (κ2) is 9.35. The van der Waals surface area contributed by atoms with Crippen molar-refractivity contribution in [2.45, 2.75) is 33.7 Å². The van der Waals surface area contributed by atoms with Crippen molar-refractivity contribution in [2.24, 2.45) is 0 Å². The van der Waals surface area contributed by atoms with Gasteiger partial charge in [-0.05, 0) is 61.7 Å². The predicted octanol–water partition coefficient (Wildman–Crippen LogP) is 4.46. The van der Waals surface area contributed by atoms with Crippen LogP contribution in [0.4, 0.5) is 5.69 Å². The highest BCUT2D eigenvalue weighted by Gasteiger charge is 2.15. The molecule has 5 nitrogen and oxygen atoms in total. The molecule has 2 aromatic carbocycles. The van der Waals surface area contributed by atoms with Crippen molar-refractivity contribution < 1.29 is 9.59 Å². The van der Waals surface area contributed by atoms with E-state index in [2.05, 4.69) is 10.3 Å². The Kier molecular flexibility index (Phi) is 6.62. The number of hydrogen-bond acceptors (Lipinski definition) is 3. The summed E-state index contributed by atoms with van der Waals surface area (Å²) in [6, 6.07) is 17.2. The third-order valence-corrected chi connectivity index (χ3v) is 4.93. The number of hydrogen-bond donors (Lipinski definition) is 1. The van der Waals surface area contributed by atoms with Crippen LogP contribution < -0.4 is 5.32 Å². The molecule has 0 saturated heterocycles. The summed E-state index contributed by atoms with van der Waals surface area (Å²) in [5, 5.41) is 2.95. The Morgan fingerprint density at radius 1 is 0.967 bits per heavy atom. The molecule has 1 N–H and O–H groups in total. The number of benzene rings is 2. The molecule has 1 aromatic heterocycles. The van der Waals surface area contributed by atoms with Crippen molar-refractivity contribution >= 4 is 17.5 Å². The highest BCUT2D eigenvalue weighted by atomic mass is 16.2. The quantitative estimate of drug-likeness (QED) is 0.663. The average Bonchev–Trinajstić information content (AvgIpc) is 2.69. The SMILES string of the molecule is Cc1cccc(CC(=O)Nc2cc(C(=O)N(C)Cc3ccnc(C)c3)ccc2C)c1. The van der Waals surface area contributed by atoms with E-state index in [1.807, 2.05) is 63.2 Å². The first-order chi connectivity index (χ1) is 14.3. The Morgan fingerprint density at radius 3 is 2.50 bits per heavy atom. The number of aromatic nitrogens is 1. The maximum Gasteiger partial charge on any atom is 0.253 e. The maximum absolute atomic E-state index is 12.9. The number of nitrogens with one attached hydrogen (secondary N) is 1. The van der Waals surface area contributed by atoms with Crippen molar-refractivity contribution in [3.8, 4) is 0 Å². The fourth-order valence-electron chi connectivity index (χ4n) is 3.36. The van der Waals surface area contributed by atoms with E-state index in [0.29, 0.717) is 24.2 Å². The third kappa shape index (κ3) is 5.54. The number of anilines is 1. The normalized spacial score (nSPS) is 10.5. The lowest BCUT2D eigenvalue weighted by Crippen LogP contribution is -2.26. The number of pyridine rings is 1. The van der Waals surface area contributed by atoms with Crippen LogP contribution in [0.15, 0.2) is 60.8 Å². The highest BCUT2D eigenvalue weighted by Crippen LogP contribution is 2.19. The summed E-state index contributed by atoms with van der Waals surface area (Å²) < 4.78 is 0. The Hall–Kier alpha value is -3.47. The van der Waals surface area contributed by atoms with E-state index >= 15 is 0 Å². The van der Waals surface area contributed by atoms with Crippen LogP contribution in [0, 0.1) is 20.8 Å². The minimum Gasteiger partial charge on any atom is -0.337 e. The highest BCUT2D eigenvalue weighted by molar-refractivity contribution is 5.98. The van der Waals surface area contributed by atoms with Gasteiger partial charge in [-0.1, -0.05) is 35.9 Å². The lowest BCUT2D eigenvalue weighted by molar-refractivity contribution is -0.115. The smallest absolute Gasteiger partial charge is 0.253 e. The molecule has 3 rings (SSSR count). The Morgan fingerprint density at radius 2 is 1.77 bits per heavy atom. The van der Waals surface area contributed by atoms with Gasteiger partial charge >= 0.3 is 0 Å². The first-order valence-corrected chi connectivity index (χ1v) is 9.95. The number of rotatable bonds is 6. The minimum atomic E-state index is -0.103. The van der Waals surface area contributed by atoms with E-state index in [0.717, 1.165) is 27.9 Å². The van der Waals surface area contributed by atoms with Crippen molar-refractivity contribution in [2.75, 3.05) is 12.4 Å². The molecule has 0 radical (unpaired) electrons. The summed E-state index contributed by atoms with van der Waals surface area (Å²) in [6.45, 7) is 6.34. The van der Waals surface area contributed by atoms with Gasteiger partial charge < -0.3 is 10.2 Å². The predicted molar refractivity (Wildman–Crippen MR) is 119 cm³/mol. The first kappa shape index (κ1) is 21.2. The van der Waals surface area contributed by atoms with Crippen LogP contribution >= 0.6 is 0 Å². The van der Waals surface area contributed by atoms with Gasteiger partial charge in [-0.25, -0.2) is 0 Å². The molecule has 0 spiro atoms. The summed E-state index contributed by atoms with van der Waals surface area (Å²) in [7, 11) is 1.77. The van der Waals surface area contributed by atoms with Crippen LogP contribution in [0.2, 0.25) is 0 Å². The van der Waals surface area contributed by atoms with Crippen molar-refractivity contribution in [1.29, 1.82) is 0 Å². The molecule has 5 heteroatoms. The van der Waals surface area contributed by atoms with Gasteiger partial charge in [-0.2, -0.15) is 0 Å². The molecule has 0 aliphatic carbocycles. The monoisotopic (exact) mass is 401 g/mol. The molecule has 0 unspecified atom stereocenters. The summed E-state index contributed by atoms with van der Waals surface area (Å²) in [4.78, 5) is 31.3. The molecular weight excluding hydrogens is 374 g/mol. The molecule has 0 aliphatic rings. The van der Waals surface area contributed by atoms with E-state index in [-0.39, 0.29) is 11.8 Å². The lowest BCUT2D eigenvalue weighted by atomic mass is 10.1. The van der Waals surface area contributed by atoms with Gasteiger partial charge in [0.15, 0.2) is 0 Å². The molecule has 0 saturated carbocycles. The van der Waals surface area contributed by atoms with Gasteiger partial charge in [0, 0.05) is 36.7 Å². The van der Waals surface area contributed by atoms with Gasteiger partial charge in [0.25, 0.3) is 5.91 Å². The Balaban J connectivity index is 1.70. The first-order valence-electron chi connectivity index (χ1n) is 9.95. The van der Waals surface area contributed by atoms with E-state index in [9.17, 15) is 9.59 Å². The molecule has 2 amide bonds. The minimum absolute atomic E-state index is 0.0985. The van der Waals surface area contributed by atoms with Crippen molar-refractivity contribution in [1.82, 2.24) is 9.88 Å². The van der Waals surface area contributed by atoms with Gasteiger partial charge in [-0.3, -0.25) is 14.6 Å². The second-order valence-electron chi connectivity index (χ2n) is 7.71. The third-order valence-electron chi connectivity index (χ3n) is 4.93. The molecule has 0 fully saturated rings.